The van der Waals surface area contributed by atoms with E-state index in [0.29, 0.717) is 44.1 Å². The Kier molecular flexibility index (Phi) is 10.2. The third kappa shape index (κ3) is 6.67. The van der Waals surface area contributed by atoms with Crippen molar-refractivity contribution in [3.05, 3.63) is 46.5 Å². The van der Waals surface area contributed by atoms with Gasteiger partial charge in [-0.2, -0.15) is 0 Å². The molecule has 1 aromatic carbocycles. The second-order valence-electron chi connectivity index (χ2n) is 11.2. The average molecular weight is 553 g/mol. The van der Waals surface area contributed by atoms with Crippen LogP contribution in [0.15, 0.2) is 41.0 Å². The second kappa shape index (κ2) is 13.6. The number of hydrogen-bond acceptors (Lipinski definition) is 7. The second-order valence-corrected chi connectivity index (χ2v) is 11.2. The van der Waals surface area contributed by atoms with Gasteiger partial charge in [0.25, 0.3) is 0 Å². The van der Waals surface area contributed by atoms with Gasteiger partial charge in [-0.05, 0) is 68.0 Å². The van der Waals surface area contributed by atoms with Crippen molar-refractivity contribution < 1.29 is 39.4 Å². The summed E-state index contributed by atoms with van der Waals surface area (Å²) in [5.41, 5.74) is 3.43. The van der Waals surface area contributed by atoms with Crippen LogP contribution in [0, 0.1) is 17.8 Å². The van der Waals surface area contributed by atoms with Crippen molar-refractivity contribution >= 4 is 31.0 Å². The van der Waals surface area contributed by atoms with Crippen molar-refractivity contribution in [1.82, 2.24) is 4.90 Å². The first-order chi connectivity index (χ1) is 19.2. The molecule has 9 nitrogen and oxygen atoms in total. The normalized spacial score (nSPS) is 24.9. The number of para-hydroxylation sites is 1. The van der Waals surface area contributed by atoms with Crippen LogP contribution in [0.1, 0.15) is 70.3 Å². The molecule has 1 aromatic rings. The van der Waals surface area contributed by atoms with E-state index in [2.05, 4.69) is 6.92 Å². The molecule has 2 heterocycles. The van der Waals surface area contributed by atoms with Gasteiger partial charge in [0, 0.05) is 18.5 Å². The Morgan fingerprint density at radius 1 is 1.10 bits per heavy atom. The van der Waals surface area contributed by atoms with Crippen LogP contribution in [-0.4, -0.2) is 69.4 Å². The van der Waals surface area contributed by atoms with E-state index < -0.39 is 31.0 Å². The summed E-state index contributed by atoms with van der Waals surface area (Å²) in [6.07, 6.45) is 6.62. The Morgan fingerprint density at radius 3 is 2.58 bits per heavy atom. The number of carboxylic acid groups (broad SMARTS) is 1. The number of aliphatic hydroxyl groups is 1. The Labute approximate surface area is 235 Å². The molecule has 0 unspecified atom stereocenters. The molecule has 3 aliphatic rings. The number of benzene rings is 1. The maximum Gasteiger partial charge on any atom is 0.455 e. The van der Waals surface area contributed by atoms with E-state index in [9.17, 15) is 29.6 Å². The van der Waals surface area contributed by atoms with Gasteiger partial charge in [-0.15, -0.1) is 0 Å². The number of amides is 2. The molecule has 0 saturated carbocycles. The van der Waals surface area contributed by atoms with E-state index in [1.807, 2.05) is 18.2 Å². The Balaban J connectivity index is 1.51. The highest BCUT2D eigenvalue weighted by atomic mass is 16.5. The number of aliphatic hydroxyl groups excluding tert-OH is 1. The van der Waals surface area contributed by atoms with Gasteiger partial charge in [0.15, 0.2) is 0 Å². The molecule has 4 rings (SSSR count). The number of carbonyl (C=O) groups is 3. The molecule has 4 atom stereocenters. The molecule has 2 saturated heterocycles. The largest absolute Gasteiger partial charge is 0.507 e. The topological polar surface area (TPSA) is 145 Å². The number of carboxylic acids is 1. The zero-order valence-electron chi connectivity index (χ0n) is 23.1. The molecular formula is C30H40BNO8. The Bertz CT molecular complexity index is 1160. The summed E-state index contributed by atoms with van der Waals surface area (Å²) in [7, 11) is -1.08. The third-order valence-electron chi connectivity index (χ3n) is 8.46. The van der Waals surface area contributed by atoms with E-state index in [0.717, 1.165) is 29.6 Å². The monoisotopic (exact) mass is 553 g/mol. The molecule has 0 spiro atoms. The van der Waals surface area contributed by atoms with E-state index >= 15 is 0 Å². The lowest BCUT2D eigenvalue weighted by molar-refractivity contribution is -0.141. The lowest BCUT2D eigenvalue weighted by atomic mass is 9.58. The van der Waals surface area contributed by atoms with Crippen LogP contribution in [0.4, 0.5) is 0 Å². The van der Waals surface area contributed by atoms with Gasteiger partial charge < -0.3 is 25.0 Å². The minimum absolute atomic E-state index is 0.0588. The number of fused-ring (bicyclic) bond motifs is 3. The maximum absolute atomic E-state index is 13.5. The number of likely N-dealkylation sites (tertiary alicyclic amines) is 1. The SMILES string of the molecule is CCC/C(=C\c1ccccc1O)CC[C@H]1OB(O)C[C@H]2C1=C(CO)C[C@H]1C(=O)N(CCCCCC(=O)O)C(=O)[C@H]12. The van der Waals surface area contributed by atoms with E-state index in [1.54, 1.807) is 12.1 Å². The highest BCUT2D eigenvalue weighted by Crippen LogP contribution is 2.50. The van der Waals surface area contributed by atoms with Gasteiger partial charge in [-0.3, -0.25) is 19.3 Å². The molecule has 0 radical (unpaired) electrons. The quantitative estimate of drug-likeness (QED) is 0.125. The van der Waals surface area contributed by atoms with Crippen LogP contribution >= 0.6 is 0 Å². The third-order valence-corrected chi connectivity index (χ3v) is 8.46. The summed E-state index contributed by atoms with van der Waals surface area (Å²) in [5, 5.41) is 40.1. The zero-order valence-corrected chi connectivity index (χ0v) is 23.1. The van der Waals surface area contributed by atoms with Crippen LogP contribution in [0.5, 0.6) is 5.75 Å². The number of allylic oxidation sites excluding steroid dienone is 1. The number of phenolic OH excluding ortho intramolecular Hbond substituents is 1. The van der Waals surface area contributed by atoms with Crippen LogP contribution < -0.4 is 0 Å². The van der Waals surface area contributed by atoms with E-state index in [4.69, 9.17) is 9.76 Å². The molecule has 2 fully saturated rings. The number of carbonyl (C=O) groups excluding carboxylic acids is 2. The predicted octanol–water partition coefficient (Wildman–Crippen LogP) is 3.79. The molecule has 0 aromatic heterocycles. The zero-order chi connectivity index (χ0) is 28.8. The molecule has 40 heavy (non-hydrogen) atoms. The summed E-state index contributed by atoms with van der Waals surface area (Å²) in [6, 6.07) is 7.15. The van der Waals surface area contributed by atoms with Crippen molar-refractivity contribution in [2.24, 2.45) is 17.8 Å². The van der Waals surface area contributed by atoms with Crippen molar-refractivity contribution in [1.29, 1.82) is 0 Å². The first-order valence-electron chi connectivity index (χ1n) is 14.5. The number of hydrogen-bond donors (Lipinski definition) is 4. The fourth-order valence-corrected chi connectivity index (χ4v) is 6.66. The first kappa shape index (κ1) is 30.0. The highest BCUT2D eigenvalue weighted by molar-refractivity contribution is 6.43. The number of rotatable bonds is 13. The number of unbranched alkanes of at least 4 members (excludes halogenated alkanes) is 2. The van der Waals surface area contributed by atoms with Crippen molar-refractivity contribution in [3.63, 3.8) is 0 Å². The van der Waals surface area contributed by atoms with Crippen LogP contribution in [-0.2, 0) is 19.0 Å². The maximum atomic E-state index is 13.5. The molecule has 216 valence electrons. The Hall–Kier alpha value is -2.95. The van der Waals surface area contributed by atoms with Gasteiger partial charge in [0.05, 0.1) is 24.5 Å². The standard InChI is InChI=1S/C30H40BNO8/c1-2-8-19(15-20-9-5-6-10-24(20)34)12-13-25-27-21(18-33)16-22-28(23(27)17-31(39)40-25)30(38)32(29(22)37)14-7-3-4-11-26(35)36/h5-6,9-10,15,22-23,25,28,33-34,39H,2-4,7-8,11-14,16-18H2,1H3,(H,35,36)/b19-15+/t22-,23+,25-,28-/m1/s1. The van der Waals surface area contributed by atoms with Crippen molar-refractivity contribution in [3.8, 4) is 5.75 Å². The highest BCUT2D eigenvalue weighted by Gasteiger charge is 2.57. The molecule has 4 N–H and O–H groups in total. The summed E-state index contributed by atoms with van der Waals surface area (Å²) in [4.78, 5) is 38.9. The van der Waals surface area contributed by atoms with Gasteiger partial charge in [0.2, 0.25) is 11.8 Å². The summed E-state index contributed by atoms with van der Waals surface area (Å²) in [6.45, 7) is 2.10. The van der Waals surface area contributed by atoms with Crippen LogP contribution in [0.2, 0.25) is 6.32 Å². The van der Waals surface area contributed by atoms with Gasteiger partial charge in [-0.25, -0.2) is 0 Å². The van der Waals surface area contributed by atoms with Crippen molar-refractivity contribution in [2.45, 2.75) is 77.1 Å². The number of nitrogens with zero attached hydrogens (tertiary/aromatic N) is 1. The lowest BCUT2D eigenvalue weighted by Crippen LogP contribution is -2.46. The smallest absolute Gasteiger partial charge is 0.455 e. The van der Waals surface area contributed by atoms with Gasteiger partial charge >= 0.3 is 13.1 Å². The van der Waals surface area contributed by atoms with Gasteiger partial charge in [0.1, 0.15) is 5.75 Å². The fraction of sp³-hybridized carbons (Fsp3) is 0.567. The van der Waals surface area contributed by atoms with E-state index in [-0.39, 0.29) is 49.4 Å². The number of aliphatic carboxylic acids is 1. The van der Waals surface area contributed by atoms with Crippen molar-refractivity contribution in [2.75, 3.05) is 13.2 Å². The first-order valence-corrected chi connectivity index (χ1v) is 14.5. The minimum Gasteiger partial charge on any atom is -0.507 e. The summed E-state index contributed by atoms with van der Waals surface area (Å²) in [5.74, 6) is -2.69. The molecule has 10 heteroatoms. The molecular weight excluding hydrogens is 513 g/mol. The predicted molar refractivity (Wildman–Crippen MR) is 150 cm³/mol. The van der Waals surface area contributed by atoms with Crippen LogP contribution in [0.3, 0.4) is 0 Å². The molecule has 1 aliphatic carbocycles. The number of aromatic hydroxyl groups is 1. The van der Waals surface area contributed by atoms with Crippen LogP contribution in [0.25, 0.3) is 6.08 Å². The average Bonchev–Trinajstić information content (AvgIpc) is 3.16. The summed E-state index contributed by atoms with van der Waals surface area (Å²) < 4.78 is 5.99. The Morgan fingerprint density at radius 2 is 1.88 bits per heavy atom. The lowest BCUT2D eigenvalue weighted by Gasteiger charge is -2.43. The van der Waals surface area contributed by atoms with E-state index in [1.165, 1.54) is 4.90 Å². The summed E-state index contributed by atoms with van der Waals surface area (Å²) >= 11 is 0. The number of imide groups is 1. The number of phenols is 1. The van der Waals surface area contributed by atoms with Gasteiger partial charge in [-0.1, -0.05) is 49.6 Å². The molecule has 2 aliphatic heterocycles. The fourth-order valence-electron chi connectivity index (χ4n) is 6.66. The minimum atomic E-state index is -1.08. The molecule has 2 amide bonds. The molecule has 0 bridgehead atoms.